The predicted molar refractivity (Wildman–Crippen MR) is 156 cm³/mol. The number of thioether (sulfide) groups is 1. The minimum Gasteiger partial charge on any atom is -0.497 e. The van der Waals surface area contributed by atoms with Crippen LogP contribution in [-0.2, 0) is 10.3 Å². The molecule has 0 amide bonds. The Bertz CT molecular complexity index is 1540. The fourth-order valence-electron chi connectivity index (χ4n) is 5.12. The van der Waals surface area contributed by atoms with Crippen LogP contribution in [-0.4, -0.2) is 53.0 Å². The molecule has 0 saturated carbocycles. The summed E-state index contributed by atoms with van der Waals surface area (Å²) < 4.78 is 34.2. The first-order valence-corrected chi connectivity index (χ1v) is 14.0. The average Bonchev–Trinajstić information content (AvgIpc) is 3.29. The summed E-state index contributed by atoms with van der Waals surface area (Å²) in [6, 6.07) is 24.7. The van der Waals surface area contributed by atoms with Crippen LogP contribution in [0.5, 0.6) is 11.5 Å². The zero-order valence-corrected chi connectivity index (χ0v) is 23.6. The Labute approximate surface area is 240 Å². The molecule has 0 radical (unpaired) electrons. The molecule has 4 aromatic rings. The number of halogens is 1. The van der Waals surface area contributed by atoms with Crippen molar-refractivity contribution >= 4 is 11.8 Å². The van der Waals surface area contributed by atoms with Gasteiger partial charge in [0.25, 0.3) is 5.56 Å². The fraction of sp³-hybridized carbons (Fsp3) is 0.290. The molecule has 0 bridgehead atoms. The average molecular weight is 579 g/mol. The van der Waals surface area contributed by atoms with E-state index in [0.29, 0.717) is 11.5 Å². The van der Waals surface area contributed by atoms with E-state index >= 15 is 4.39 Å². The molecule has 41 heavy (non-hydrogen) atoms. The SMILES string of the molecule is COc1ccc(C(OC[C@@H]2S[C@H](n3cc(C)c(=O)[nH]c3=O)[C@H](F)[C@@H]2O)(c2ccccc2)c2ccc(OC)cc2)cc1. The molecule has 2 N–H and O–H groups in total. The molecule has 5 rings (SSSR count). The van der Waals surface area contributed by atoms with Gasteiger partial charge in [0.2, 0.25) is 0 Å². The number of hydrogen-bond acceptors (Lipinski definition) is 7. The molecule has 1 aromatic heterocycles. The summed E-state index contributed by atoms with van der Waals surface area (Å²) in [5, 5.41) is 9.21. The van der Waals surface area contributed by atoms with Gasteiger partial charge in [-0.2, -0.15) is 0 Å². The lowest BCUT2D eigenvalue weighted by Crippen LogP contribution is -2.38. The highest BCUT2D eigenvalue weighted by molar-refractivity contribution is 8.00. The van der Waals surface area contributed by atoms with Gasteiger partial charge < -0.3 is 19.3 Å². The van der Waals surface area contributed by atoms with E-state index < -0.39 is 39.7 Å². The number of alkyl halides is 1. The van der Waals surface area contributed by atoms with Crippen molar-refractivity contribution in [1.82, 2.24) is 9.55 Å². The number of aliphatic hydroxyl groups is 1. The van der Waals surface area contributed by atoms with E-state index in [1.54, 1.807) is 14.2 Å². The minimum absolute atomic E-state index is 0.0488. The van der Waals surface area contributed by atoms with Crippen LogP contribution in [0, 0.1) is 6.92 Å². The van der Waals surface area contributed by atoms with Crippen LogP contribution >= 0.6 is 11.8 Å². The molecule has 8 nitrogen and oxygen atoms in total. The summed E-state index contributed by atoms with van der Waals surface area (Å²) in [5.41, 5.74) is 0.291. The standard InChI is InChI=1S/C31H31FN2O6S/c1-19-17-34(30(37)33-28(19)36)29-26(32)27(35)25(41-29)18-40-31(20-7-5-4-6-8-20,21-9-13-23(38-2)14-10-21)22-11-15-24(39-3)16-12-22/h4-17,25-27,29,35H,18H2,1-3H3,(H,33,36,37)/t25-,26+,27+,29-/m0/s1. The number of rotatable bonds is 9. The molecule has 1 saturated heterocycles. The third-order valence-corrected chi connectivity index (χ3v) is 8.88. The topological polar surface area (TPSA) is 103 Å². The highest BCUT2D eigenvalue weighted by Gasteiger charge is 2.47. The van der Waals surface area contributed by atoms with Crippen LogP contribution in [0.3, 0.4) is 0 Å². The predicted octanol–water partition coefficient (Wildman–Crippen LogP) is 4.18. The zero-order chi connectivity index (χ0) is 29.1. The van der Waals surface area contributed by atoms with Crippen LogP contribution in [0.2, 0.25) is 0 Å². The van der Waals surface area contributed by atoms with Crippen molar-refractivity contribution in [2.75, 3.05) is 20.8 Å². The maximum absolute atomic E-state index is 15.5. The number of nitrogens with zero attached hydrogens (tertiary/aromatic N) is 1. The largest absolute Gasteiger partial charge is 0.497 e. The van der Waals surface area contributed by atoms with Gasteiger partial charge in [-0.15, -0.1) is 11.8 Å². The van der Waals surface area contributed by atoms with Crippen molar-refractivity contribution in [3.05, 3.63) is 128 Å². The van der Waals surface area contributed by atoms with Gasteiger partial charge in [0.15, 0.2) is 6.17 Å². The van der Waals surface area contributed by atoms with Gasteiger partial charge in [-0.25, -0.2) is 9.18 Å². The molecule has 0 spiro atoms. The lowest BCUT2D eigenvalue weighted by molar-refractivity contribution is -0.0115. The summed E-state index contributed by atoms with van der Waals surface area (Å²) in [6.45, 7) is 1.49. The second kappa shape index (κ2) is 11.9. The van der Waals surface area contributed by atoms with E-state index in [0.717, 1.165) is 33.0 Å². The highest BCUT2D eigenvalue weighted by Crippen LogP contribution is 2.46. The number of hydrogen-bond donors (Lipinski definition) is 2. The van der Waals surface area contributed by atoms with Crippen molar-refractivity contribution < 1.29 is 23.7 Å². The third kappa shape index (κ3) is 5.42. The number of methoxy groups -OCH3 is 2. The highest BCUT2D eigenvalue weighted by atomic mass is 32.2. The van der Waals surface area contributed by atoms with E-state index in [4.69, 9.17) is 14.2 Å². The first-order chi connectivity index (χ1) is 19.8. The molecule has 214 valence electrons. The molecule has 2 heterocycles. The Hall–Kier alpha value is -3.86. The Morgan fingerprint density at radius 2 is 1.44 bits per heavy atom. The van der Waals surface area contributed by atoms with Gasteiger partial charge in [-0.3, -0.25) is 14.3 Å². The summed E-state index contributed by atoms with van der Waals surface area (Å²) in [4.78, 5) is 26.6. The van der Waals surface area contributed by atoms with E-state index in [2.05, 4.69) is 4.98 Å². The zero-order valence-electron chi connectivity index (χ0n) is 22.8. The summed E-state index contributed by atoms with van der Waals surface area (Å²) in [7, 11) is 3.19. The number of nitrogens with one attached hydrogen (secondary N) is 1. The van der Waals surface area contributed by atoms with Crippen molar-refractivity contribution in [2.45, 2.75) is 35.4 Å². The van der Waals surface area contributed by atoms with E-state index in [1.807, 2.05) is 78.9 Å². The van der Waals surface area contributed by atoms with Gasteiger partial charge in [-0.05, 0) is 47.9 Å². The third-order valence-electron chi connectivity index (χ3n) is 7.35. The Morgan fingerprint density at radius 1 is 0.902 bits per heavy atom. The number of aromatic nitrogens is 2. The summed E-state index contributed by atoms with van der Waals surface area (Å²) in [5.74, 6) is 1.36. The first-order valence-electron chi connectivity index (χ1n) is 13.1. The molecule has 3 aromatic carbocycles. The quantitative estimate of drug-likeness (QED) is 0.287. The van der Waals surface area contributed by atoms with Crippen molar-refractivity contribution in [3.63, 3.8) is 0 Å². The van der Waals surface area contributed by atoms with Crippen LogP contribution in [0.1, 0.15) is 27.6 Å². The normalized spacial score (nSPS) is 20.6. The molecule has 1 fully saturated rings. The maximum Gasteiger partial charge on any atom is 0.329 e. The number of aliphatic hydroxyl groups excluding tert-OH is 1. The summed E-state index contributed by atoms with van der Waals surface area (Å²) >= 11 is 1.10. The minimum atomic E-state index is -1.76. The van der Waals surface area contributed by atoms with Crippen LogP contribution in [0.15, 0.2) is 94.6 Å². The van der Waals surface area contributed by atoms with Crippen LogP contribution in [0.4, 0.5) is 4.39 Å². The molecule has 10 heteroatoms. The molecular weight excluding hydrogens is 547 g/mol. The van der Waals surface area contributed by atoms with Gasteiger partial charge in [0.05, 0.1) is 26.1 Å². The van der Waals surface area contributed by atoms with E-state index in [1.165, 1.54) is 13.1 Å². The van der Waals surface area contributed by atoms with Crippen molar-refractivity contribution in [1.29, 1.82) is 0 Å². The lowest BCUT2D eigenvalue weighted by atomic mass is 9.80. The van der Waals surface area contributed by atoms with E-state index in [9.17, 15) is 14.7 Å². The maximum atomic E-state index is 15.5. The monoisotopic (exact) mass is 578 g/mol. The van der Waals surface area contributed by atoms with Gasteiger partial charge in [0, 0.05) is 11.8 Å². The second-order valence-corrected chi connectivity index (χ2v) is 11.2. The number of ether oxygens (including phenoxy) is 3. The number of aryl methyl sites for hydroxylation is 1. The molecule has 1 aliphatic rings. The van der Waals surface area contributed by atoms with Crippen LogP contribution < -0.4 is 20.7 Å². The first kappa shape index (κ1) is 28.7. The summed E-state index contributed by atoms with van der Waals surface area (Å²) in [6.07, 6.45) is -1.85. The van der Waals surface area contributed by atoms with Gasteiger partial charge in [0.1, 0.15) is 28.6 Å². The van der Waals surface area contributed by atoms with Crippen LogP contribution in [0.25, 0.3) is 0 Å². The van der Waals surface area contributed by atoms with Gasteiger partial charge >= 0.3 is 5.69 Å². The Balaban J connectivity index is 1.56. The number of benzene rings is 3. The molecule has 0 unspecified atom stereocenters. The molecule has 0 aliphatic carbocycles. The molecule has 1 aliphatic heterocycles. The van der Waals surface area contributed by atoms with Gasteiger partial charge in [-0.1, -0.05) is 54.6 Å². The molecular formula is C31H31FN2O6S. The van der Waals surface area contributed by atoms with Crippen molar-refractivity contribution in [2.24, 2.45) is 0 Å². The smallest absolute Gasteiger partial charge is 0.329 e. The van der Waals surface area contributed by atoms with Crippen molar-refractivity contribution in [3.8, 4) is 11.5 Å². The number of H-pyrrole nitrogens is 1. The Kier molecular flexibility index (Phi) is 8.35. The Morgan fingerprint density at radius 3 is 1.98 bits per heavy atom. The number of aromatic amines is 1. The molecule has 4 atom stereocenters. The fourth-order valence-corrected chi connectivity index (χ4v) is 6.54. The second-order valence-electron chi connectivity index (χ2n) is 9.79. The lowest BCUT2D eigenvalue weighted by Gasteiger charge is -2.37. The van der Waals surface area contributed by atoms with E-state index in [-0.39, 0.29) is 12.2 Å².